The first-order chi connectivity index (χ1) is 8.25. The van der Waals surface area contributed by atoms with Crippen molar-refractivity contribution < 1.29 is 9.57 Å². The maximum atomic E-state index is 5.56. The number of benzene rings is 1. The Morgan fingerprint density at radius 1 is 1.35 bits per heavy atom. The molecule has 0 saturated carbocycles. The molecule has 0 amide bonds. The fourth-order valence-electron chi connectivity index (χ4n) is 1.90. The smallest absolute Gasteiger partial charge is 0.147 e. The first kappa shape index (κ1) is 12.4. The minimum absolute atomic E-state index is 0.0338. The van der Waals surface area contributed by atoms with Crippen molar-refractivity contribution in [3.63, 3.8) is 0 Å². The number of nitrogens with one attached hydrogen (secondary N) is 1. The lowest BCUT2D eigenvalue weighted by molar-refractivity contribution is -0.0641. The Hall–Kier alpha value is -1.06. The van der Waals surface area contributed by atoms with Crippen LogP contribution in [0.3, 0.4) is 0 Å². The third-order valence-corrected chi connectivity index (χ3v) is 3.01. The van der Waals surface area contributed by atoms with Gasteiger partial charge in [0.2, 0.25) is 0 Å². The van der Waals surface area contributed by atoms with Crippen molar-refractivity contribution in [2.24, 2.45) is 0 Å². The van der Waals surface area contributed by atoms with Crippen LogP contribution in [0.1, 0.15) is 44.6 Å². The molecule has 17 heavy (non-hydrogen) atoms. The lowest BCUT2D eigenvalue weighted by Gasteiger charge is -2.23. The van der Waals surface area contributed by atoms with E-state index in [-0.39, 0.29) is 6.23 Å². The van der Waals surface area contributed by atoms with E-state index in [4.69, 9.17) is 9.57 Å². The van der Waals surface area contributed by atoms with Crippen molar-refractivity contribution in [2.45, 2.75) is 45.3 Å². The molecular formula is C14H21NO2. The number of ether oxygens (including phenoxy) is 1. The molecule has 1 unspecified atom stereocenters. The minimum atomic E-state index is 0.0338. The summed E-state index contributed by atoms with van der Waals surface area (Å²) in [5, 5.41) is 0. The Bertz CT molecular complexity index is 346. The second-order valence-corrected chi connectivity index (χ2v) is 4.80. The van der Waals surface area contributed by atoms with Crippen LogP contribution in [-0.4, -0.2) is 12.8 Å². The Morgan fingerprint density at radius 2 is 2.24 bits per heavy atom. The molecule has 1 aromatic rings. The van der Waals surface area contributed by atoms with E-state index in [0.29, 0.717) is 5.92 Å². The van der Waals surface area contributed by atoms with Crippen LogP contribution in [0.5, 0.6) is 5.75 Å². The normalized spacial score (nSPS) is 20.5. The van der Waals surface area contributed by atoms with Crippen LogP contribution in [0.15, 0.2) is 24.3 Å². The van der Waals surface area contributed by atoms with E-state index in [2.05, 4.69) is 31.5 Å². The predicted molar refractivity (Wildman–Crippen MR) is 67.9 cm³/mol. The number of rotatable bonds is 4. The van der Waals surface area contributed by atoms with Gasteiger partial charge in [0, 0.05) is 6.61 Å². The maximum Gasteiger partial charge on any atom is 0.147 e. The van der Waals surface area contributed by atoms with Crippen molar-refractivity contribution in [1.29, 1.82) is 0 Å². The zero-order valence-electron chi connectivity index (χ0n) is 10.6. The lowest BCUT2D eigenvalue weighted by Crippen LogP contribution is -2.36. The van der Waals surface area contributed by atoms with Crippen molar-refractivity contribution in [3.8, 4) is 5.75 Å². The van der Waals surface area contributed by atoms with E-state index >= 15 is 0 Å². The SMILES string of the molecule is CC(C)c1cccc(ONC2CCCCO2)c1. The van der Waals surface area contributed by atoms with Gasteiger partial charge in [-0.3, -0.25) is 0 Å². The van der Waals surface area contributed by atoms with Gasteiger partial charge in [-0.05, 0) is 42.9 Å². The van der Waals surface area contributed by atoms with E-state index in [1.807, 2.05) is 12.1 Å². The highest BCUT2D eigenvalue weighted by Gasteiger charge is 2.13. The molecule has 3 nitrogen and oxygen atoms in total. The molecule has 1 heterocycles. The molecule has 0 spiro atoms. The van der Waals surface area contributed by atoms with Crippen molar-refractivity contribution >= 4 is 0 Å². The van der Waals surface area contributed by atoms with Gasteiger partial charge in [0.1, 0.15) is 12.0 Å². The van der Waals surface area contributed by atoms with Gasteiger partial charge in [-0.25, -0.2) is 0 Å². The Kier molecular flexibility index (Phi) is 4.40. The topological polar surface area (TPSA) is 30.5 Å². The fourth-order valence-corrected chi connectivity index (χ4v) is 1.90. The number of hydrogen-bond acceptors (Lipinski definition) is 3. The molecule has 1 aliphatic heterocycles. The molecular weight excluding hydrogens is 214 g/mol. The summed E-state index contributed by atoms with van der Waals surface area (Å²) < 4.78 is 5.54. The van der Waals surface area contributed by atoms with Gasteiger partial charge in [-0.2, -0.15) is 0 Å². The monoisotopic (exact) mass is 235 g/mol. The van der Waals surface area contributed by atoms with Gasteiger partial charge in [-0.1, -0.05) is 26.0 Å². The van der Waals surface area contributed by atoms with Gasteiger partial charge in [-0.15, -0.1) is 5.48 Å². The summed E-state index contributed by atoms with van der Waals surface area (Å²) in [7, 11) is 0. The molecule has 1 aliphatic rings. The number of hydroxylamine groups is 1. The van der Waals surface area contributed by atoms with Crippen molar-refractivity contribution in [2.75, 3.05) is 6.61 Å². The second kappa shape index (κ2) is 6.03. The molecule has 1 N–H and O–H groups in total. The summed E-state index contributed by atoms with van der Waals surface area (Å²) in [6, 6.07) is 8.17. The van der Waals surface area contributed by atoms with Crippen LogP contribution in [-0.2, 0) is 4.74 Å². The Balaban J connectivity index is 1.87. The summed E-state index contributed by atoms with van der Waals surface area (Å²) in [6.07, 6.45) is 3.41. The molecule has 1 atom stereocenters. The molecule has 94 valence electrons. The summed E-state index contributed by atoms with van der Waals surface area (Å²) in [5.41, 5.74) is 4.27. The first-order valence-electron chi connectivity index (χ1n) is 6.39. The van der Waals surface area contributed by atoms with Crippen LogP contribution < -0.4 is 10.3 Å². The largest absolute Gasteiger partial charge is 0.406 e. The Morgan fingerprint density at radius 3 is 2.94 bits per heavy atom. The van der Waals surface area contributed by atoms with Gasteiger partial charge in [0.25, 0.3) is 0 Å². The van der Waals surface area contributed by atoms with Gasteiger partial charge in [0.05, 0.1) is 0 Å². The maximum absolute atomic E-state index is 5.56. The van der Waals surface area contributed by atoms with Crippen molar-refractivity contribution in [3.05, 3.63) is 29.8 Å². The summed E-state index contributed by atoms with van der Waals surface area (Å²) in [6.45, 7) is 5.18. The number of hydrogen-bond donors (Lipinski definition) is 1. The molecule has 1 aromatic carbocycles. The highest BCUT2D eigenvalue weighted by Crippen LogP contribution is 2.20. The average Bonchev–Trinajstić information content (AvgIpc) is 2.38. The molecule has 0 bridgehead atoms. The standard InChI is InChI=1S/C14H21NO2/c1-11(2)12-6-5-7-13(10-12)17-15-14-8-3-4-9-16-14/h5-7,10-11,14-15H,3-4,8-9H2,1-2H3. The fraction of sp³-hybridized carbons (Fsp3) is 0.571. The quantitative estimate of drug-likeness (QED) is 0.813. The first-order valence-corrected chi connectivity index (χ1v) is 6.39. The average molecular weight is 235 g/mol. The van der Waals surface area contributed by atoms with Gasteiger partial charge in [0.15, 0.2) is 0 Å². The molecule has 2 rings (SSSR count). The van der Waals surface area contributed by atoms with Crippen LogP contribution in [0, 0.1) is 0 Å². The summed E-state index contributed by atoms with van der Waals surface area (Å²) in [4.78, 5) is 5.56. The van der Waals surface area contributed by atoms with E-state index in [9.17, 15) is 0 Å². The van der Waals surface area contributed by atoms with Crippen LogP contribution in [0.2, 0.25) is 0 Å². The molecule has 0 radical (unpaired) electrons. The van der Waals surface area contributed by atoms with Crippen LogP contribution in [0.4, 0.5) is 0 Å². The van der Waals surface area contributed by atoms with E-state index in [0.717, 1.165) is 25.2 Å². The third-order valence-electron chi connectivity index (χ3n) is 3.01. The van der Waals surface area contributed by atoms with E-state index in [1.165, 1.54) is 12.0 Å². The minimum Gasteiger partial charge on any atom is -0.406 e. The van der Waals surface area contributed by atoms with E-state index < -0.39 is 0 Å². The molecule has 0 aromatic heterocycles. The van der Waals surface area contributed by atoms with Crippen molar-refractivity contribution in [1.82, 2.24) is 5.48 Å². The highest BCUT2D eigenvalue weighted by molar-refractivity contribution is 5.30. The van der Waals surface area contributed by atoms with E-state index in [1.54, 1.807) is 0 Å². The molecule has 0 aliphatic carbocycles. The third kappa shape index (κ3) is 3.72. The van der Waals surface area contributed by atoms with Crippen LogP contribution in [0.25, 0.3) is 0 Å². The highest BCUT2D eigenvalue weighted by atomic mass is 16.7. The molecule has 1 fully saturated rings. The molecule has 3 heteroatoms. The zero-order chi connectivity index (χ0) is 12.1. The van der Waals surface area contributed by atoms with Crippen LogP contribution >= 0.6 is 0 Å². The van der Waals surface area contributed by atoms with Gasteiger partial charge < -0.3 is 9.57 Å². The summed E-state index contributed by atoms with van der Waals surface area (Å²) >= 11 is 0. The predicted octanol–water partition coefficient (Wildman–Crippen LogP) is 3.22. The Labute approximate surface area is 103 Å². The summed E-state index contributed by atoms with van der Waals surface area (Å²) in [5.74, 6) is 1.37. The lowest BCUT2D eigenvalue weighted by atomic mass is 10.0. The zero-order valence-corrected chi connectivity index (χ0v) is 10.6. The molecule has 1 saturated heterocycles. The van der Waals surface area contributed by atoms with Gasteiger partial charge >= 0.3 is 0 Å². The second-order valence-electron chi connectivity index (χ2n) is 4.80.